The Kier molecular flexibility index (Phi) is 3.47. The van der Waals surface area contributed by atoms with E-state index in [1.165, 1.54) is 18.5 Å². The van der Waals surface area contributed by atoms with Crippen LogP contribution in [0, 0.1) is 5.82 Å². The second kappa shape index (κ2) is 5.22. The van der Waals surface area contributed by atoms with Crippen molar-refractivity contribution in [2.75, 3.05) is 5.32 Å². The maximum absolute atomic E-state index is 13.4. The Morgan fingerprint density at radius 1 is 1.28 bits per heavy atom. The minimum Gasteiger partial charge on any atom is -0.476 e. The number of hydrogen-bond donors (Lipinski definition) is 2. The van der Waals surface area contributed by atoms with Crippen LogP contribution in [0.15, 0.2) is 36.7 Å². The first-order chi connectivity index (χ1) is 8.68. The lowest BCUT2D eigenvalue weighted by Crippen LogP contribution is -2.10. The Hall–Kier alpha value is -2.50. The lowest BCUT2D eigenvalue weighted by Gasteiger charge is -2.07. The van der Waals surface area contributed by atoms with E-state index in [4.69, 9.17) is 5.11 Å². The fraction of sp³-hybridized carbons (Fsp3) is 0.0833. The van der Waals surface area contributed by atoms with Crippen molar-refractivity contribution in [1.82, 2.24) is 9.97 Å². The Labute approximate surface area is 102 Å². The molecule has 0 aliphatic rings. The van der Waals surface area contributed by atoms with Gasteiger partial charge in [-0.1, -0.05) is 18.2 Å². The minimum absolute atomic E-state index is 0.119. The predicted molar refractivity (Wildman–Crippen MR) is 62.7 cm³/mol. The van der Waals surface area contributed by atoms with Crippen molar-refractivity contribution in [2.45, 2.75) is 6.54 Å². The van der Waals surface area contributed by atoms with Crippen LogP contribution in [-0.2, 0) is 6.54 Å². The molecule has 0 bridgehead atoms. The molecule has 0 unspecified atom stereocenters. The fourth-order valence-corrected chi connectivity index (χ4v) is 1.44. The second-order valence-corrected chi connectivity index (χ2v) is 3.50. The van der Waals surface area contributed by atoms with E-state index in [9.17, 15) is 9.18 Å². The van der Waals surface area contributed by atoms with Gasteiger partial charge in [-0.3, -0.25) is 0 Å². The number of rotatable bonds is 4. The third-order valence-corrected chi connectivity index (χ3v) is 2.30. The summed E-state index contributed by atoms with van der Waals surface area (Å²) in [5, 5.41) is 11.7. The van der Waals surface area contributed by atoms with E-state index in [1.54, 1.807) is 18.2 Å². The second-order valence-electron chi connectivity index (χ2n) is 3.50. The number of carboxylic acid groups (broad SMARTS) is 1. The zero-order valence-electron chi connectivity index (χ0n) is 9.30. The van der Waals surface area contributed by atoms with Crippen LogP contribution in [0.1, 0.15) is 16.1 Å². The number of carbonyl (C=O) groups is 1. The third kappa shape index (κ3) is 2.60. The van der Waals surface area contributed by atoms with E-state index >= 15 is 0 Å². The van der Waals surface area contributed by atoms with Gasteiger partial charge in [-0.25, -0.2) is 19.2 Å². The molecule has 2 aromatic rings. The molecule has 0 aliphatic carbocycles. The van der Waals surface area contributed by atoms with Gasteiger partial charge in [0.2, 0.25) is 0 Å². The monoisotopic (exact) mass is 247 g/mol. The normalized spacial score (nSPS) is 10.1. The van der Waals surface area contributed by atoms with Crippen molar-refractivity contribution in [2.24, 2.45) is 0 Å². The molecule has 1 heterocycles. The number of anilines is 1. The van der Waals surface area contributed by atoms with E-state index < -0.39 is 5.97 Å². The summed E-state index contributed by atoms with van der Waals surface area (Å²) in [5.41, 5.74) is 0.244. The Morgan fingerprint density at radius 3 is 2.72 bits per heavy atom. The van der Waals surface area contributed by atoms with Gasteiger partial charge in [0.1, 0.15) is 5.82 Å². The molecule has 2 N–H and O–H groups in total. The molecule has 0 atom stereocenters. The fourth-order valence-electron chi connectivity index (χ4n) is 1.44. The summed E-state index contributed by atoms with van der Waals surface area (Å²) in [6.07, 6.45) is 2.66. The van der Waals surface area contributed by atoms with E-state index in [1.807, 2.05) is 0 Å². The highest BCUT2D eigenvalue weighted by Crippen LogP contribution is 2.12. The molecular weight excluding hydrogens is 237 g/mol. The van der Waals surface area contributed by atoms with Crippen molar-refractivity contribution < 1.29 is 14.3 Å². The molecule has 0 amide bonds. The number of carboxylic acids is 1. The van der Waals surface area contributed by atoms with Crippen molar-refractivity contribution in [3.63, 3.8) is 0 Å². The number of benzene rings is 1. The molecule has 0 saturated carbocycles. The first-order valence-electron chi connectivity index (χ1n) is 5.20. The van der Waals surface area contributed by atoms with Crippen molar-refractivity contribution in [3.05, 3.63) is 53.7 Å². The average molecular weight is 247 g/mol. The smallest absolute Gasteiger partial charge is 0.358 e. The van der Waals surface area contributed by atoms with Crippen LogP contribution in [0.25, 0.3) is 0 Å². The topological polar surface area (TPSA) is 75.1 Å². The van der Waals surface area contributed by atoms with Gasteiger partial charge < -0.3 is 10.4 Å². The summed E-state index contributed by atoms with van der Waals surface area (Å²) >= 11 is 0. The standard InChI is InChI=1S/C12H10FN3O2/c13-9-4-2-1-3-8(9)7-16-11-10(12(17)18)14-5-6-15-11/h1-6H,7H2,(H,15,16)(H,17,18). The molecule has 0 radical (unpaired) electrons. The van der Waals surface area contributed by atoms with Gasteiger partial charge in [0.05, 0.1) is 0 Å². The number of aromatic nitrogens is 2. The lowest BCUT2D eigenvalue weighted by molar-refractivity contribution is 0.0691. The number of hydrogen-bond acceptors (Lipinski definition) is 4. The highest BCUT2D eigenvalue weighted by Gasteiger charge is 2.12. The molecule has 0 aliphatic heterocycles. The van der Waals surface area contributed by atoms with Gasteiger partial charge in [-0.2, -0.15) is 0 Å². The van der Waals surface area contributed by atoms with Gasteiger partial charge in [0, 0.05) is 24.5 Å². The number of nitrogens with one attached hydrogen (secondary N) is 1. The number of halogens is 1. The Balaban J connectivity index is 2.16. The van der Waals surface area contributed by atoms with E-state index in [-0.39, 0.29) is 23.9 Å². The first kappa shape index (κ1) is 12.0. The van der Waals surface area contributed by atoms with Crippen LogP contribution in [0.4, 0.5) is 10.2 Å². The van der Waals surface area contributed by atoms with Gasteiger partial charge in [0.15, 0.2) is 11.5 Å². The Bertz CT molecular complexity index is 575. The molecule has 0 saturated heterocycles. The molecule has 18 heavy (non-hydrogen) atoms. The SMILES string of the molecule is O=C(O)c1nccnc1NCc1ccccc1F. The molecule has 6 heteroatoms. The van der Waals surface area contributed by atoms with Crippen LogP contribution in [0.5, 0.6) is 0 Å². The molecule has 0 spiro atoms. The zero-order chi connectivity index (χ0) is 13.0. The van der Waals surface area contributed by atoms with E-state index in [0.717, 1.165) is 0 Å². The number of nitrogens with zero attached hydrogens (tertiary/aromatic N) is 2. The van der Waals surface area contributed by atoms with Crippen molar-refractivity contribution >= 4 is 11.8 Å². The van der Waals surface area contributed by atoms with Crippen LogP contribution < -0.4 is 5.32 Å². The molecule has 1 aromatic carbocycles. The summed E-state index contributed by atoms with van der Waals surface area (Å²) in [6, 6.07) is 6.24. The average Bonchev–Trinajstić information content (AvgIpc) is 2.38. The van der Waals surface area contributed by atoms with Crippen LogP contribution in [0.2, 0.25) is 0 Å². The van der Waals surface area contributed by atoms with Crippen molar-refractivity contribution in [1.29, 1.82) is 0 Å². The molecule has 2 rings (SSSR count). The summed E-state index contributed by atoms with van der Waals surface area (Å²) in [4.78, 5) is 18.4. The quantitative estimate of drug-likeness (QED) is 0.863. The maximum atomic E-state index is 13.4. The largest absolute Gasteiger partial charge is 0.476 e. The third-order valence-electron chi connectivity index (χ3n) is 2.30. The predicted octanol–water partition coefficient (Wildman–Crippen LogP) is 1.93. The van der Waals surface area contributed by atoms with Gasteiger partial charge >= 0.3 is 5.97 Å². The molecule has 1 aromatic heterocycles. The summed E-state index contributed by atoms with van der Waals surface area (Å²) in [6.45, 7) is 0.144. The van der Waals surface area contributed by atoms with E-state index in [2.05, 4.69) is 15.3 Å². The highest BCUT2D eigenvalue weighted by atomic mass is 19.1. The summed E-state index contributed by atoms with van der Waals surface area (Å²) in [5.74, 6) is -1.42. The maximum Gasteiger partial charge on any atom is 0.358 e. The summed E-state index contributed by atoms with van der Waals surface area (Å²) in [7, 11) is 0. The highest BCUT2D eigenvalue weighted by molar-refractivity contribution is 5.90. The lowest BCUT2D eigenvalue weighted by atomic mass is 10.2. The number of aromatic carboxylic acids is 1. The summed E-state index contributed by atoms with van der Waals surface area (Å²) < 4.78 is 13.4. The van der Waals surface area contributed by atoms with Crippen LogP contribution in [0.3, 0.4) is 0 Å². The molecule has 0 fully saturated rings. The zero-order valence-corrected chi connectivity index (χ0v) is 9.30. The van der Waals surface area contributed by atoms with Gasteiger partial charge in [0.25, 0.3) is 0 Å². The molecule has 5 nitrogen and oxygen atoms in total. The first-order valence-corrected chi connectivity index (χ1v) is 5.20. The Morgan fingerprint density at radius 2 is 2.00 bits per heavy atom. The molecular formula is C12H10FN3O2. The van der Waals surface area contributed by atoms with Crippen LogP contribution >= 0.6 is 0 Å². The van der Waals surface area contributed by atoms with E-state index in [0.29, 0.717) is 5.56 Å². The van der Waals surface area contributed by atoms with Gasteiger partial charge in [-0.15, -0.1) is 0 Å². The molecule has 92 valence electrons. The van der Waals surface area contributed by atoms with Crippen molar-refractivity contribution in [3.8, 4) is 0 Å². The van der Waals surface area contributed by atoms with Crippen LogP contribution in [-0.4, -0.2) is 21.0 Å². The minimum atomic E-state index is -1.18. The van der Waals surface area contributed by atoms with Gasteiger partial charge in [-0.05, 0) is 6.07 Å².